The Morgan fingerprint density at radius 1 is 1.38 bits per heavy atom. The molecule has 1 atom stereocenters. The Kier molecular flexibility index (Phi) is 6.66. The van der Waals surface area contributed by atoms with Crippen molar-refractivity contribution < 1.29 is 0 Å². The number of hydrogen-bond acceptors (Lipinski definition) is 0. The number of allylic oxidation sites excluding steroid dienone is 3. The summed E-state index contributed by atoms with van der Waals surface area (Å²) in [5, 5.41) is 0. The monoisotopic (exact) mass is 180 g/mol. The van der Waals surface area contributed by atoms with Crippen LogP contribution in [0.3, 0.4) is 0 Å². The first-order chi connectivity index (χ1) is 6.15. The second-order valence-corrected chi connectivity index (χ2v) is 3.85. The standard InChI is InChI=1S/C13H24/c1-6-9-12(5)13(8-3)10-11(4)7-2/h7,13H,5-6,8-10H2,1-4H3. The summed E-state index contributed by atoms with van der Waals surface area (Å²) in [6, 6.07) is 0. The van der Waals surface area contributed by atoms with Gasteiger partial charge in [-0.25, -0.2) is 0 Å². The molecule has 0 spiro atoms. The fourth-order valence-corrected chi connectivity index (χ4v) is 1.61. The van der Waals surface area contributed by atoms with Gasteiger partial charge in [-0.3, -0.25) is 0 Å². The minimum absolute atomic E-state index is 0.705. The van der Waals surface area contributed by atoms with E-state index in [9.17, 15) is 0 Å². The molecule has 0 N–H and O–H groups in total. The Balaban J connectivity index is 4.09. The van der Waals surface area contributed by atoms with Gasteiger partial charge in [-0.1, -0.05) is 44.1 Å². The van der Waals surface area contributed by atoms with Crippen LogP contribution in [-0.2, 0) is 0 Å². The third-order valence-corrected chi connectivity index (χ3v) is 2.70. The minimum Gasteiger partial charge on any atom is -0.0996 e. The maximum absolute atomic E-state index is 4.18. The van der Waals surface area contributed by atoms with Crippen LogP contribution < -0.4 is 0 Å². The largest absolute Gasteiger partial charge is 0.0996 e. The molecule has 0 bridgehead atoms. The first-order valence-corrected chi connectivity index (χ1v) is 5.45. The molecule has 0 saturated carbocycles. The maximum atomic E-state index is 4.18. The van der Waals surface area contributed by atoms with Gasteiger partial charge in [0.1, 0.15) is 0 Å². The van der Waals surface area contributed by atoms with Gasteiger partial charge < -0.3 is 0 Å². The molecule has 0 amide bonds. The molecule has 0 radical (unpaired) electrons. The molecule has 0 heterocycles. The number of hydrogen-bond donors (Lipinski definition) is 0. The lowest BCUT2D eigenvalue weighted by Gasteiger charge is -2.17. The van der Waals surface area contributed by atoms with Crippen molar-refractivity contribution in [3.63, 3.8) is 0 Å². The average molecular weight is 180 g/mol. The molecule has 0 aliphatic heterocycles. The molecule has 0 rings (SSSR count). The van der Waals surface area contributed by atoms with Crippen LogP contribution in [0.5, 0.6) is 0 Å². The Hall–Kier alpha value is -0.520. The van der Waals surface area contributed by atoms with Gasteiger partial charge in [0.15, 0.2) is 0 Å². The van der Waals surface area contributed by atoms with Crippen LogP contribution in [0.25, 0.3) is 0 Å². The summed E-state index contributed by atoms with van der Waals surface area (Å²) < 4.78 is 0. The summed E-state index contributed by atoms with van der Waals surface area (Å²) in [6.07, 6.45) is 7.05. The molecule has 0 saturated heterocycles. The first kappa shape index (κ1) is 12.5. The minimum atomic E-state index is 0.705. The summed E-state index contributed by atoms with van der Waals surface area (Å²) in [5.41, 5.74) is 2.93. The highest BCUT2D eigenvalue weighted by Gasteiger charge is 2.09. The Morgan fingerprint density at radius 2 is 2.00 bits per heavy atom. The molecule has 0 heteroatoms. The van der Waals surface area contributed by atoms with E-state index in [1.54, 1.807) is 0 Å². The lowest BCUT2D eigenvalue weighted by atomic mass is 9.88. The van der Waals surface area contributed by atoms with Crippen molar-refractivity contribution in [1.82, 2.24) is 0 Å². The van der Waals surface area contributed by atoms with E-state index in [2.05, 4.69) is 40.3 Å². The van der Waals surface area contributed by atoms with Crippen LogP contribution in [0, 0.1) is 5.92 Å². The number of rotatable bonds is 6. The Bertz CT molecular complexity index is 174. The highest BCUT2D eigenvalue weighted by atomic mass is 14.1. The first-order valence-electron chi connectivity index (χ1n) is 5.45. The van der Waals surface area contributed by atoms with Crippen LogP contribution in [0.2, 0.25) is 0 Å². The van der Waals surface area contributed by atoms with Crippen molar-refractivity contribution in [3.05, 3.63) is 23.8 Å². The lowest BCUT2D eigenvalue weighted by molar-refractivity contribution is 0.561. The quantitative estimate of drug-likeness (QED) is 0.519. The summed E-state index contributed by atoms with van der Waals surface area (Å²) >= 11 is 0. The molecule has 13 heavy (non-hydrogen) atoms. The van der Waals surface area contributed by atoms with Crippen molar-refractivity contribution in [3.8, 4) is 0 Å². The van der Waals surface area contributed by atoms with E-state index >= 15 is 0 Å². The molecular formula is C13H24. The zero-order chi connectivity index (χ0) is 10.3. The van der Waals surface area contributed by atoms with Crippen LogP contribution in [0.1, 0.15) is 53.4 Å². The molecule has 0 aliphatic carbocycles. The third kappa shape index (κ3) is 4.92. The van der Waals surface area contributed by atoms with E-state index in [0.717, 1.165) is 0 Å². The van der Waals surface area contributed by atoms with E-state index in [4.69, 9.17) is 0 Å². The highest BCUT2D eigenvalue weighted by Crippen LogP contribution is 2.24. The second-order valence-electron chi connectivity index (χ2n) is 3.85. The average Bonchev–Trinajstić information content (AvgIpc) is 2.14. The van der Waals surface area contributed by atoms with Gasteiger partial charge in [-0.15, -0.1) is 0 Å². The smallest absolute Gasteiger partial charge is 0.0171 e. The van der Waals surface area contributed by atoms with Crippen molar-refractivity contribution in [1.29, 1.82) is 0 Å². The molecule has 76 valence electrons. The molecule has 0 aromatic carbocycles. The van der Waals surface area contributed by atoms with Gasteiger partial charge >= 0.3 is 0 Å². The Morgan fingerprint density at radius 3 is 2.38 bits per heavy atom. The summed E-state index contributed by atoms with van der Waals surface area (Å²) in [4.78, 5) is 0. The van der Waals surface area contributed by atoms with Crippen LogP contribution >= 0.6 is 0 Å². The van der Waals surface area contributed by atoms with Crippen molar-refractivity contribution >= 4 is 0 Å². The predicted octanol–water partition coefficient (Wildman–Crippen LogP) is 4.73. The molecule has 0 aliphatic rings. The predicted molar refractivity (Wildman–Crippen MR) is 61.9 cm³/mol. The van der Waals surface area contributed by atoms with Gasteiger partial charge in [0.05, 0.1) is 0 Å². The van der Waals surface area contributed by atoms with Gasteiger partial charge in [0.2, 0.25) is 0 Å². The zero-order valence-corrected chi connectivity index (χ0v) is 9.69. The second kappa shape index (κ2) is 6.94. The fourth-order valence-electron chi connectivity index (χ4n) is 1.61. The van der Waals surface area contributed by atoms with Crippen molar-refractivity contribution in [2.75, 3.05) is 0 Å². The summed E-state index contributed by atoms with van der Waals surface area (Å²) in [5.74, 6) is 0.705. The van der Waals surface area contributed by atoms with Gasteiger partial charge in [-0.2, -0.15) is 0 Å². The van der Waals surface area contributed by atoms with Gasteiger partial charge in [0.25, 0.3) is 0 Å². The maximum Gasteiger partial charge on any atom is -0.0171 e. The van der Waals surface area contributed by atoms with Crippen LogP contribution in [0.4, 0.5) is 0 Å². The van der Waals surface area contributed by atoms with Crippen LogP contribution in [0.15, 0.2) is 23.8 Å². The summed E-state index contributed by atoms with van der Waals surface area (Å²) in [7, 11) is 0. The molecule has 0 nitrogen and oxygen atoms in total. The van der Waals surface area contributed by atoms with E-state index in [0.29, 0.717) is 5.92 Å². The third-order valence-electron chi connectivity index (χ3n) is 2.70. The highest BCUT2D eigenvalue weighted by molar-refractivity contribution is 5.07. The van der Waals surface area contributed by atoms with Crippen molar-refractivity contribution in [2.45, 2.75) is 53.4 Å². The Labute approximate surface area is 83.7 Å². The topological polar surface area (TPSA) is 0 Å². The molecule has 0 aromatic heterocycles. The zero-order valence-electron chi connectivity index (χ0n) is 9.69. The summed E-state index contributed by atoms with van der Waals surface area (Å²) in [6.45, 7) is 13.0. The molecule has 0 aromatic rings. The van der Waals surface area contributed by atoms with E-state index < -0.39 is 0 Å². The SMILES string of the molecule is C=C(CCC)C(CC)CC(C)=CC. The normalized spacial score (nSPS) is 14.3. The van der Waals surface area contributed by atoms with Crippen LogP contribution in [-0.4, -0.2) is 0 Å². The van der Waals surface area contributed by atoms with E-state index in [1.165, 1.54) is 36.8 Å². The fraction of sp³-hybridized carbons (Fsp3) is 0.692. The molecular weight excluding hydrogens is 156 g/mol. The van der Waals surface area contributed by atoms with Crippen molar-refractivity contribution in [2.24, 2.45) is 5.92 Å². The van der Waals surface area contributed by atoms with Gasteiger partial charge in [-0.05, 0) is 39.0 Å². The van der Waals surface area contributed by atoms with Gasteiger partial charge in [0, 0.05) is 0 Å². The lowest BCUT2D eigenvalue weighted by Crippen LogP contribution is -2.02. The van der Waals surface area contributed by atoms with E-state index in [1.807, 2.05) is 0 Å². The molecule has 1 unspecified atom stereocenters. The molecule has 0 fully saturated rings. The van der Waals surface area contributed by atoms with E-state index in [-0.39, 0.29) is 0 Å².